The normalized spacial score (nSPS) is 10.4. The average molecular weight is 229 g/mol. The molecule has 0 unspecified atom stereocenters. The van der Waals surface area contributed by atoms with Gasteiger partial charge in [0, 0.05) is 0 Å². The van der Waals surface area contributed by atoms with E-state index < -0.39 is 0 Å². The molecule has 2 aromatic rings. The molecule has 2 aromatic heterocycles. The topological polar surface area (TPSA) is 65.2 Å². The highest BCUT2D eigenvalue weighted by Crippen LogP contribution is 2.28. The predicted molar refractivity (Wildman–Crippen MR) is 46.3 cm³/mol. The van der Waals surface area contributed by atoms with E-state index in [1.54, 1.807) is 12.1 Å². The Morgan fingerprint density at radius 2 is 2.25 bits per heavy atom. The molecular weight excluding hydrogens is 224 g/mol. The van der Waals surface area contributed by atoms with Crippen LogP contribution in [-0.2, 0) is 0 Å². The molecule has 0 aliphatic heterocycles. The van der Waals surface area contributed by atoms with Crippen molar-refractivity contribution >= 4 is 21.6 Å². The van der Waals surface area contributed by atoms with Crippen molar-refractivity contribution in [2.24, 2.45) is 0 Å². The molecular formula is C7H5BrN2O2. The second kappa shape index (κ2) is 2.67. The van der Waals surface area contributed by atoms with E-state index in [0.717, 1.165) is 0 Å². The van der Waals surface area contributed by atoms with E-state index >= 15 is 0 Å². The van der Waals surface area contributed by atoms with Gasteiger partial charge in [-0.3, -0.25) is 0 Å². The molecule has 5 heteroatoms. The van der Waals surface area contributed by atoms with Crippen molar-refractivity contribution in [3.8, 4) is 11.5 Å². The van der Waals surface area contributed by atoms with Crippen LogP contribution in [0.1, 0.15) is 0 Å². The van der Waals surface area contributed by atoms with Crippen LogP contribution >= 0.6 is 15.9 Å². The maximum absolute atomic E-state index is 5.55. The number of nitrogens with zero attached hydrogens (tertiary/aromatic N) is 1. The van der Waals surface area contributed by atoms with E-state index in [9.17, 15) is 0 Å². The van der Waals surface area contributed by atoms with E-state index in [1.165, 1.54) is 6.20 Å². The zero-order valence-corrected chi connectivity index (χ0v) is 7.54. The summed E-state index contributed by atoms with van der Waals surface area (Å²) in [7, 11) is 0. The number of nitrogen functional groups attached to an aromatic ring is 1. The second-order valence-corrected chi connectivity index (χ2v) is 3.00. The first-order chi connectivity index (χ1) is 5.77. The van der Waals surface area contributed by atoms with Gasteiger partial charge in [0.25, 0.3) is 0 Å². The standard InChI is InChI=1S/C7H5BrN2O2/c8-6-2-1-5(11-6)7-4(9)3-10-12-7/h1-3H,9H2. The zero-order valence-electron chi connectivity index (χ0n) is 5.95. The Kier molecular flexibility index (Phi) is 1.65. The number of halogens is 1. The molecule has 0 fully saturated rings. The molecule has 0 saturated heterocycles. The van der Waals surface area contributed by atoms with Crippen molar-refractivity contribution in [1.82, 2.24) is 5.16 Å². The fraction of sp³-hybridized carbons (Fsp3) is 0. The van der Waals surface area contributed by atoms with Crippen LogP contribution in [0.3, 0.4) is 0 Å². The molecule has 0 aromatic carbocycles. The van der Waals surface area contributed by atoms with Crippen molar-refractivity contribution in [3.63, 3.8) is 0 Å². The Bertz CT molecular complexity index is 394. The summed E-state index contributed by atoms with van der Waals surface area (Å²) in [6.45, 7) is 0. The third kappa shape index (κ3) is 1.12. The third-order valence-electron chi connectivity index (χ3n) is 1.39. The summed E-state index contributed by atoms with van der Waals surface area (Å²) < 4.78 is 10.7. The van der Waals surface area contributed by atoms with Crippen LogP contribution in [0.15, 0.2) is 31.9 Å². The van der Waals surface area contributed by atoms with Crippen LogP contribution in [0.5, 0.6) is 0 Å². The Morgan fingerprint density at radius 3 is 2.75 bits per heavy atom. The summed E-state index contributed by atoms with van der Waals surface area (Å²) in [6.07, 6.45) is 1.44. The molecule has 62 valence electrons. The monoisotopic (exact) mass is 228 g/mol. The molecule has 2 rings (SSSR count). The lowest BCUT2D eigenvalue weighted by Gasteiger charge is -1.88. The molecule has 0 aliphatic carbocycles. The first kappa shape index (κ1) is 7.42. The lowest BCUT2D eigenvalue weighted by molar-refractivity contribution is 0.416. The molecule has 2 heterocycles. The van der Waals surface area contributed by atoms with Gasteiger partial charge in [0.2, 0.25) is 5.76 Å². The number of aromatic nitrogens is 1. The number of anilines is 1. The molecule has 2 N–H and O–H groups in total. The van der Waals surface area contributed by atoms with Gasteiger partial charge < -0.3 is 14.7 Å². The number of nitrogens with two attached hydrogens (primary N) is 1. The van der Waals surface area contributed by atoms with Crippen LogP contribution in [0.25, 0.3) is 11.5 Å². The molecule has 0 bridgehead atoms. The van der Waals surface area contributed by atoms with Gasteiger partial charge in [0.1, 0.15) is 5.69 Å². The number of furan rings is 1. The van der Waals surface area contributed by atoms with Crippen molar-refractivity contribution in [2.75, 3.05) is 5.73 Å². The minimum absolute atomic E-state index is 0.459. The largest absolute Gasteiger partial charge is 0.446 e. The summed E-state index contributed by atoms with van der Waals surface area (Å²) >= 11 is 3.17. The van der Waals surface area contributed by atoms with E-state index in [2.05, 4.69) is 21.1 Å². The van der Waals surface area contributed by atoms with Crippen LogP contribution in [-0.4, -0.2) is 5.16 Å². The molecule has 4 nitrogen and oxygen atoms in total. The number of hydrogen-bond donors (Lipinski definition) is 1. The van der Waals surface area contributed by atoms with Gasteiger partial charge in [-0.25, -0.2) is 0 Å². The fourth-order valence-corrected chi connectivity index (χ4v) is 1.18. The van der Waals surface area contributed by atoms with Crippen LogP contribution in [0, 0.1) is 0 Å². The van der Waals surface area contributed by atoms with E-state index in [-0.39, 0.29) is 0 Å². The number of hydrogen-bond acceptors (Lipinski definition) is 4. The highest BCUT2D eigenvalue weighted by Gasteiger charge is 2.11. The van der Waals surface area contributed by atoms with Gasteiger partial charge in [-0.2, -0.15) is 0 Å². The van der Waals surface area contributed by atoms with E-state index in [4.69, 9.17) is 14.7 Å². The van der Waals surface area contributed by atoms with Crippen molar-refractivity contribution in [1.29, 1.82) is 0 Å². The van der Waals surface area contributed by atoms with E-state index in [0.29, 0.717) is 21.9 Å². The summed E-state index contributed by atoms with van der Waals surface area (Å²) in [4.78, 5) is 0. The molecule has 0 radical (unpaired) electrons. The summed E-state index contributed by atoms with van der Waals surface area (Å²) in [6, 6.07) is 3.51. The minimum Gasteiger partial charge on any atom is -0.446 e. The average Bonchev–Trinajstić information content (AvgIpc) is 2.58. The van der Waals surface area contributed by atoms with Gasteiger partial charge in [-0.05, 0) is 28.1 Å². The van der Waals surface area contributed by atoms with Crippen molar-refractivity contribution < 1.29 is 8.94 Å². The van der Waals surface area contributed by atoms with Crippen LogP contribution in [0.2, 0.25) is 0 Å². The molecule has 0 saturated carbocycles. The zero-order chi connectivity index (χ0) is 8.55. The van der Waals surface area contributed by atoms with Crippen LogP contribution < -0.4 is 5.73 Å². The summed E-state index contributed by atoms with van der Waals surface area (Å²) in [5.41, 5.74) is 6.02. The summed E-state index contributed by atoms with van der Waals surface area (Å²) in [5, 5.41) is 3.53. The third-order valence-corrected chi connectivity index (χ3v) is 1.82. The van der Waals surface area contributed by atoms with E-state index in [1.807, 2.05) is 0 Å². The predicted octanol–water partition coefficient (Wildman–Crippen LogP) is 2.28. The quantitative estimate of drug-likeness (QED) is 0.814. The van der Waals surface area contributed by atoms with Gasteiger partial charge in [-0.15, -0.1) is 0 Å². The molecule has 12 heavy (non-hydrogen) atoms. The maximum Gasteiger partial charge on any atom is 0.224 e. The summed E-state index contributed by atoms with van der Waals surface area (Å²) in [5.74, 6) is 1.03. The highest BCUT2D eigenvalue weighted by molar-refractivity contribution is 9.10. The first-order valence-electron chi connectivity index (χ1n) is 3.23. The fourth-order valence-electron chi connectivity index (χ4n) is 0.871. The van der Waals surface area contributed by atoms with Crippen molar-refractivity contribution in [3.05, 3.63) is 23.0 Å². The molecule has 0 spiro atoms. The molecule has 0 amide bonds. The second-order valence-electron chi connectivity index (χ2n) is 2.21. The van der Waals surface area contributed by atoms with Crippen molar-refractivity contribution in [2.45, 2.75) is 0 Å². The number of rotatable bonds is 1. The Balaban J connectivity index is 2.50. The van der Waals surface area contributed by atoms with Gasteiger partial charge in [0.15, 0.2) is 10.4 Å². The minimum atomic E-state index is 0.459. The first-order valence-corrected chi connectivity index (χ1v) is 4.02. The Labute approximate surface area is 76.5 Å². The maximum atomic E-state index is 5.55. The Hall–Kier alpha value is -1.23. The van der Waals surface area contributed by atoms with Gasteiger partial charge in [-0.1, -0.05) is 5.16 Å². The van der Waals surface area contributed by atoms with Gasteiger partial charge >= 0.3 is 0 Å². The SMILES string of the molecule is Nc1cnoc1-c1ccc(Br)o1. The smallest absolute Gasteiger partial charge is 0.224 e. The highest BCUT2D eigenvalue weighted by atomic mass is 79.9. The lowest BCUT2D eigenvalue weighted by Crippen LogP contribution is -1.82. The molecule has 0 atom stereocenters. The van der Waals surface area contributed by atoms with Crippen LogP contribution in [0.4, 0.5) is 5.69 Å². The molecule has 0 aliphatic rings. The van der Waals surface area contributed by atoms with Gasteiger partial charge in [0.05, 0.1) is 6.20 Å². The Morgan fingerprint density at radius 1 is 1.42 bits per heavy atom. The lowest BCUT2D eigenvalue weighted by atomic mass is 10.3.